The minimum absolute atomic E-state index is 0. The van der Waals surface area contributed by atoms with Crippen molar-refractivity contribution in [2.24, 2.45) is 0 Å². The molecule has 0 aliphatic rings. The fourth-order valence-electron chi connectivity index (χ4n) is 5.96. The summed E-state index contributed by atoms with van der Waals surface area (Å²) in [5.74, 6) is -2.75. The zero-order valence-electron chi connectivity index (χ0n) is 36.4. The first-order chi connectivity index (χ1) is 26.3. The molecule has 0 atom stereocenters. The van der Waals surface area contributed by atoms with Gasteiger partial charge in [-0.3, -0.25) is 0 Å². The monoisotopic (exact) mass is 899 g/mol. The Morgan fingerprint density at radius 3 is 0.636 bits per heavy atom. The standard InChI is InChI=1S/3C16H30O2.La/c3*1-2-3-4-5-6-7-8-9-10-11-12-13-14-15-16(17)18;/h3*7-8H,2-6,9-15H2,1H3,(H,17,18);/q;;;+3/p-3/b3*8-7-;. The van der Waals surface area contributed by atoms with Crippen LogP contribution < -0.4 is 15.3 Å². The fourth-order valence-corrected chi connectivity index (χ4v) is 5.96. The Morgan fingerprint density at radius 1 is 0.291 bits per heavy atom. The van der Waals surface area contributed by atoms with Crippen molar-refractivity contribution in [2.75, 3.05) is 0 Å². The largest absolute Gasteiger partial charge is 3.00 e. The minimum atomic E-state index is -0.916. The SMILES string of the molecule is CCCCCC/C=C\CCCCCCCC(=O)[O-].CCCCCC/C=C\CCCCCCCC(=O)[O-].CCCCCC/C=C\CCCCCCCC(=O)[O-].[La+3]. The minimum Gasteiger partial charge on any atom is -0.550 e. The predicted octanol–water partition coefficient (Wildman–Crippen LogP) is 12.0. The third-order valence-corrected chi connectivity index (χ3v) is 9.43. The summed E-state index contributed by atoms with van der Waals surface area (Å²) in [6.07, 6.45) is 53.9. The summed E-state index contributed by atoms with van der Waals surface area (Å²) in [5.41, 5.74) is 0. The summed E-state index contributed by atoms with van der Waals surface area (Å²) < 4.78 is 0. The van der Waals surface area contributed by atoms with Gasteiger partial charge in [0, 0.05) is 17.9 Å². The van der Waals surface area contributed by atoms with Crippen molar-refractivity contribution in [3.63, 3.8) is 0 Å². The van der Waals surface area contributed by atoms with Crippen LogP contribution >= 0.6 is 0 Å². The van der Waals surface area contributed by atoms with E-state index < -0.39 is 17.9 Å². The molecule has 0 heterocycles. The van der Waals surface area contributed by atoms with E-state index in [1.165, 1.54) is 154 Å². The summed E-state index contributed by atoms with van der Waals surface area (Å²) in [5, 5.41) is 30.5. The van der Waals surface area contributed by atoms with Gasteiger partial charge in [0.25, 0.3) is 0 Å². The van der Waals surface area contributed by atoms with E-state index in [-0.39, 0.29) is 54.9 Å². The summed E-state index contributed by atoms with van der Waals surface area (Å²) >= 11 is 0. The van der Waals surface area contributed by atoms with E-state index in [1.807, 2.05) is 0 Å². The maximum absolute atomic E-state index is 10.2. The average Bonchev–Trinajstić information content (AvgIpc) is 3.14. The van der Waals surface area contributed by atoms with E-state index in [9.17, 15) is 29.7 Å². The molecule has 0 aliphatic carbocycles. The molecule has 0 bridgehead atoms. The quantitative estimate of drug-likeness (QED) is 0.0447. The first kappa shape index (κ1) is 60.5. The van der Waals surface area contributed by atoms with E-state index in [1.54, 1.807) is 0 Å². The molecule has 7 heteroatoms. The molecule has 0 aromatic carbocycles. The molecule has 0 spiro atoms. The molecule has 0 N–H and O–H groups in total. The Bertz CT molecular complexity index is 744. The molecule has 0 aromatic heterocycles. The van der Waals surface area contributed by atoms with Crippen LogP contribution in [0.25, 0.3) is 0 Å². The summed E-state index contributed by atoms with van der Waals surface area (Å²) in [6.45, 7) is 6.72. The zero-order chi connectivity index (χ0) is 40.4. The van der Waals surface area contributed by atoms with E-state index in [2.05, 4.69) is 57.2 Å². The van der Waals surface area contributed by atoms with Crippen LogP contribution in [0.15, 0.2) is 36.5 Å². The van der Waals surface area contributed by atoms with Gasteiger partial charge in [0.1, 0.15) is 0 Å². The van der Waals surface area contributed by atoms with Crippen LogP contribution in [0.3, 0.4) is 0 Å². The second-order valence-corrected chi connectivity index (χ2v) is 15.0. The third-order valence-electron chi connectivity index (χ3n) is 9.43. The van der Waals surface area contributed by atoms with Crippen LogP contribution in [0.1, 0.15) is 252 Å². The Morgan fingerprint density at radius 2 is 0.455 bits per heavy atom. The molecule has 0 radical (unpaired) electrons. The normalized spacial score (nSPS) is 11.0. The second-order valence-electron chi connectivity index (χ2n) is 15.0. The van der Waals surface area contributed by atoms with Crippen LogP contribution in [-0.4, -0.2) is 17.9 Å². The summed E-state index contributed by atoms with van der Waals surface area (Å²) in [7, 11) is 0. The van der Waals surface area contributed by atoms with E-state index >= 15 is 0 Å². The molecule has 0 aliphatic heterocycles. The van der Waals surface area contributed by atoms with Crippen LogP contribution in [0.5, 0.6) is 0 Å². The molecule has 0 rings (SSSR count). The van der Waals surface area contributed by atoms with E-state index in [0.717, 1.165) is 57.8 Å². The molecule has 0 unspecified atom stereocenters. The van der Waals surface area contributed by atoms with Crippen LogP contribution in [0.4, 0.5) is 0 Å². The van der Waals surface area contributed by atoms with Crippen molar-refractivity contribution in [1.82, 2.24) is 0 Å². The number of rotatable bonds is 39. The van der Waals surface area contributed by atoms with Gasteiger partial charge >= 0.3 is 35.6 Å². The van der Waals surface area contributed by atoms with E-state index in [0.29, 0.717) is 0 Å². The van der Waals surface area contributed by atoms with Crippen molar-refractivity contribution in [3.8, 4) is 0 Å². The van der Waals surface area contributed by atoms with Crippen molar-refractivity contribution in [2.45, 2.75) is 252 Å². The van der Waals surface area contributed by atoms with Crippen molar-refractivity contribution < 1.29 is 65.3 Å². The topological polar surface area (TPSA) is 120 Å². The van der Waals surface area contributed by atoms with Gasteiger partial charge in [-0.05, 0) is 116 Å². The number of carbonyl (C=O) groups is 3. The maximum Gasteiger partial charge on any atom is 3.00 e. The van der Waals surface area contributed by atoms with Gasteiger partial charge in [-0.25, -0.2) is 0 Å². The summed E-state index contributed by atoms with van der Waals surface area (Å²) in [4.78, 5) is 30.5. The van der Waals surface area contributed by atoms with Crippen molar-refractivity contribution in [1.29, 1.82) is 0 Å². The van der Waals surface area contributed by atoms with Gasteiger partial charge in [-0.2, -0.15) is 0 Å². The number of carbonyl (C=O) groups excluding carboxylic acids is 3. The van der Waals surface area contributed by atoms with Gasteiger partial charge in [-0.15, -0.1) is 0 Å². The molecule has 0 saturated heterocycles. The molecule has 6 nitrogen and oxygen atoms in total. The molecule has 55 heavy (non-hydrogen) atoms. The number of hydrogen-bond donors (Lipinski definition) is 0. The zero-order valence-corrected chi connectivity index (χ0v) is 40.1. The molecule has 0 aromatic rings. The van der Waals surface area contributed by atoms with E-state index in [4.69, 9.17) is 0 Å². The molecule has 0 saturated carbocycles. The van der Waals surface area contributed by atoms with Crippen LogP contribution in [-0.2, 0) is 14.4 Å². The number of carboxylic acids is 3. The number of carboxylic acid groups (broad SMARTS) is 3. The number of allylic oxidation sites excluding steroid dienone is 6. The summed E-state index contributed by atoms with van der Waals surface area (Å²) in [6, 6.07) is 0. The maximum atomic E-state index is 10.2. The average molecular weight is 899 g/mol. The van der Waals surface area contributed by atoms with Crippen molar-refractivity contribution in [3.05, 3.63) is 36.5 Å². The van der Waals surface area contributed by atoms with Gasteiger partial charge in [0.15, 0.2) is 0 Å². The number of aliphatic carboxylic acids is 3. The number of hydrogen-bond acceptors (Lipinski definition) is 6. The molecular formula is C48H87LaO6. The molecule has 318 valence electrons. The number of unbranched alkanes of at least 4 members (excludes halogenated alkanes) is 27. The Balaban J connectivity index is -0.000000351. The van der Waals surface area contributed by atoms with Gasteiger partial charge in [-0.1, -0.05) is 173 Å². The first-order valence-electron chi connectivity index (χ1n) is 22.9. The van der Waals surface area contributed by atoms with Gasteiger partial charge < -0.3 is 29.7 Å². The van der Waals surface area contributed by atoms with Crippen LogP contribution in [0, 0.1) is 35.6 Å². The fraction of sp³-hybridized carbons (Fsp3) is 0.812. The first-order valence-corrected chi connectivity index (χ1v) is 22.9. The Labute approximate surface area is 369 Å². The Hall–Kier alpha value is -1.18. The molecular weight excluding hydrogens is 811 g/mol. The van der Waals surface area contributed by atoms with Crippen LogP contribution in [0.2, 0.25) is 0 Å². The Kier molecular flexibility index (Phi) is 62.9. The van der Waals surface area contributed by atoms with Gasteiger partial charge in [0.2, 0.25) is 0 Å². The third kappa shape index (κ3) is 71.0. The smallest absolute Gasteiger partial charge is 0.550 e. The van der Waals surface area contributed by atoms with Gasteiger partial charge in [0.05, 0.1) is 0 Å². The molecule has 0 fully saturated rings. The van der Waals surface area contributed by atoms with Crippen molar-refractivity contribution >= 4 is 17.9 Å². The predicted molar refractivity (Wildman–Crippen MR) is 226 cm³/mol. The molecule has 0 amide bonds. The second kappa shape index (κ2) is 57.2.